The molecule has 0 aliphatic heterocycles. The second-order valence-corrected chi connectivity index (χ2v) is 8.92. The van der Waals surface area contributed by atoms with Gasteiger partial charge in [-0.05, 0) is 35.0 Å². The molecule has 1 amide bonds. The molecular weight excluding hydrogens is 354 g/mol. The minimum Gasteiger partial charge on any atom is -0.468 e. The molecule has 3 rings (SSSR count). The summed E-state index contributed by atoms with van der Waals surface area (Å²) in [6.45, 7) is -0.0511. The van der Waals surface area contributed by atoms with Crippen molar-refractivity contribution >= 4 is 38.4 Å². The highest BCUT2D eigenvalue weighted by Crippen LogP contribution is 2.31. The first-order valence-corrected chi connectivity index (χ1v) is 10.0. The van der Waals surface area contributed by atoms with E-state index in [1.807, 2.05) is 0 Å². The Kier molecular flexibility index (Phi) is 4.65. The maximum absolute atomic E-state index is 12.8. The number of carbonyl (C=O) groups excluding carboxylic acids is 1. The highest BCUT2D eigenvalue weighted by Gasteiger charge is 2.32. The number of carbonyl (C=O) groups is 1. The van der Waals surface area contributed by atoms with E-state index in [9.17, 15) is 13.2 Å². The molecule has 0 saturated heterocycles. The molecule has 5 nitrogen and oxygen atoms in total. The standard InChI is InChI=1S/C15H13NO4S3/c17-15(12-5-2-8-21-12)16-10-13(11-4-1-7-20-11)23(18,19)14-6-3-9-22-14/h1-9,13H,10H2,(H,16,17). The van der Waals surface area contributed by atoms with Gasteiger partial charge >= 0.3 is 0 Å². The quantitative estimate of drug-likeness (QED) is 0.725. The van der Waals surface area contributed by atoms with Crippen LogP contribution in [0, 0.1) is 0 Å². The molecule has 3 aromatic rings. The van der Waals surface area contributed by atoms with E-state index in [2.05, 4.69) is 5.32 Å². The van der Waals surface area contributed by atoms with Crippen LogP contribution >= 0.6 is 22.7 Å². The Balaban J connectivity index is 1.84. The molecule has 1 unspecified atom stereocenters. The largest absolute Gasteiger partial charge is 0.468 e. The number of amides is 1. The molecule has 3 heterocycles. The molecule has 0 aliphatic carbocycles. The van der Waals surface area contributed by atoms with Gasteiger partial charge in [-0.1, -0.05) is 12.1 Å². The topological polar surface area (TPSA) is 76.4 Å². The van der Waals surface area contributed by atoms with Gasteiger partial charge in [0.25, 0.3) is 5.91 Å². The van der Waals surface area contributed by atoms with Crippen LogP contribution in [0.15, 0.2) is 62.0 Å². The van der Waals surface area contributed by atoms with Crippen molar-refractivity contribution < 1.29 is 17.6 Å². The molecule has 0 saturated carbocycles. The Labute approximate surface area is 141 Å². The zero-order chi connectivity index (χ0) is 16.3. The molecule has 0 spiro atoms. The van der Waals surface area contributed by atoms with Crippen LogP contribution in [-0.4, -0.2) is 20.9 Å². The van der Waals surface area contributed by atoms with E-state index in [-0.39, 0.29) is 16.7 Å². The summed E-state index contributed by atoms with van der Waals surface area (Å²) in [6.07, 6.45) is 1.42. The molecule has 23 heavy (non-hydrogen) atoms. The van der Waals surface area contributed by atoms with E-state index in [0.717, 1.165) is 11.3 Å². The number of hydrogen-bond donors (Lipinski definition) is 1. The Morgan fingerprint density at radius 2 is 1.91 bits per heavy atom. The minimum absolute atomic E-state index is 0.0511. The van der Waals surface area contributed by atoms with E-state index in [1.165, 1.54) is 17.6 Å². The highest BCUT2D eigenvalue weighted by molar-refractivity contribution is 7.93. The number of sulfone groups is 1. The monoisotopic (exact) mass is 367 g/mol. The van der Waals surface area contributed by atoms with Gasteiger partial charge < -0.3 is 9.73 Å². The fourth-order valence-corrected chi connectivity index (χ4v) is 5.52. The first-order valence-electron chi connectivity index (χ1n) is 6.71. The first-order chi connectivity index (χ1) is 11.1. The predicted molar refractivity (Wildman–Crippen MR) is 89.6 cm³/mol. The van der Waals surface area contributed by atoms with Crippen LogP contribution in [0.2, 0.25) is 0 Å². The van der Waals surface area contributed by atoms with Crippen molar-refractivity contribution in [2.75, 3.05) is 6.54 Å². The van der Waals surface area contributed by atoms with Crippen molar-refractivity contribution in [1.82, 2.24) is 5.32 Å². The van der Waals surface area contributed by atoms with Gasteiger partial charge in [-0.25, -0.2) is 8.42 Å². The van der Waals surface area contributed by atoms with E-state index in [0.29, 0.717) is 10.6 Å². The summed E-state index contributed by atoms with van der Waals surface area (Å²) in [6, 6.07) is 9.93. The SMILES string of the molecule is O=C(NCC(c1ccco1)S(=O)(=O)c1cccs1)c1cccs1. The smallest absolute Gasteiger partial charge is 0.261 e. The van der Waals surface area contributed by atoms with Gasteiger partial charge in [-0.3, -0.25) is 4.79 Å². The summed E-state index contributed by atoms with van der Waals surface area (Å²) < 4.78 is 31.1. The van der Waals surface area contributed by atoms with E-state index < -0.39 is 15.1 Å². The van der Waals surface area contributed by atoms with Gasteiger partial charge in [0.1, 0.15) is 15.2 Å². The molecule has 0 aromatic carbocycles. The van der Waals surface area contributed by atoms with E-state index in [1.54, 1.807) is 47.2 Å². The summed E-state index contributed by atoms with van der Waals surface area (Å²) in [5, 5.41) is 5.22. The first kappa shape index (κ1) is 16.0. The zero-order valence-electron chi connectivity index (χ0n) is 11.8. The van der Waals surface area contributed by atoms with Gasteiger partial charge in [0.05, 0.1) is 11.1 Å². The second-order valence-electron chi connectivity index (χ2n) is 4.67. The summed E-state index contributed by atoms with van der Waals surface area (Å²) >= 11 is 2.45. The normalized spacial score (nSPS) is 12.9. The molecule has 8 heteroatoms. The lowest BCUT2D eigenvalue weighted by Crippen LogP contribution is -2.31. The van der Waals surface area contributed by atoms with Crippen molar-refractivity contribution in [2.24, 2.45) is 0 Å². The van der Waals surface area contributed by atoms with Crippen LogP contribution in [0.3, 0.4) is 0 Å². The Morgan fingerprint density at radius 1 is 1.13 bits per heavy atom. The molecule has 0 aliphatic rings. The maximum Gasteiger partial charge on any atom is 0.261 e. The average molecular weight is 367 g/mol. The number of hydrogen-bond acceptors (Lipinski definition) is 6. The van der Waals surface area contributed by atoms with Crippen LogP contribution in [0.1, 0.15) is 20.7 Å². The lowest BCUT2D eigenvalue weighted by atomic mass is 10.3. The molecular formula is C15H13NO4S3. The van der Waals surface area contributed by atoms with Crippen molar-refractivity contribution in [3.05, 3.63) is 64.1 Å². The van der Waals surface area contributed by atoms with Crippen LogP contribution < -0.4 is 5.32 Å². The fraction of sp³-hybridized carbons (Fsp3) is 0.133. The van der Waals surface area contributed by atoms with E-state index in [4.69, 9.17) is 4.42 Å². The highest BCUT2D eigenvalue weighted by atomic mass is 32.2. The third-order valence-corrected chi connectivity index (χ3v) is 7.56. The Bertz CT molecular complexity index is 850. The fourth-order valence-electron chi connectivity index (χ4n) is 2.08. The summed E-state index contributed by atoms with van der Waals surface area (Å²) in [5.74, 6) is 0.0165. The Hall–Kier alpha value is -1.90. The molecule has 1 atom stereocenters. The van der Waals surface area contributed by atoms with Gasteiger partial charge in [0.2, 0.25) is 0 Å². The summed E-state index contributed by atoms with van der Waals surface area (Å²) in [7, 11) is -3.63. The molecule has 1 N–H and O–H groups in total. The molecule has 0 fully saturated rings. The number of rotatable bonds is 6. The zero-order valence-corrected chi connectivity index (χ0v) is 14.3. The summed E-state index contributed by atoms with van der Waals surface area (Å²) in [4.78, 5) is 12.6. The van der Waals surface area contributed by atoms with Crippen molar-refractivity contribution in [2.45, 2.75) is 9.46 Å². The summed E-state index contributed by atoms with van der Waals surface area (Å²) in [5.41, 5.74) is 0. The van der Waals surface area contributed by atoms with Gasteiger partial charge in [0, 0.05) is 6.54 Å². The lowest BCUT2D eigenvalue weighted by molar-refractivity contribution is 0.0957. The number of furan rings is 1. The van der Waals surface area contributed by atoms with Crippen LogP contribution in [0.5, 0.6) is 0 Å². The molecule has 120 valence electrons. The van der Waals surface area contributed by atoms with Crippen molar-refractivity contribution in [1.29, 1.82) is 0 Å². The van der Waals surface area contributed by atoms with Crippen LogP contribution in [0.4, 0.5) is 0 Å². The predicted octanol–water partition coefficient (Wildman–Crippen LogP) is 3.35. The number of thiophene rings is 2. The minimum atomic E-state index is -3.63. The number of nitrogens with one attached hydrogen (secondary N) is 1. The lowest BCUT2D eigenvalue weighted by Gasteiger charge is -2.15. The van der Waals surface area contributed by atoms with Gasteiger partial charge in [-0.15, -0.1) is 22.7 Å². The van der Waals surface area contributed by atoms with Crippen LogP contribution in [-0.2, 0) is 9.84 Å². The van der Waals surface area contributed by atoms with E-state index >= 15 is 0 Å². The molecule has 3 aromatic heterocycles. The van der Waals surface area contributed by atoms with Crippen molar-refractivity contribution in [3.8, 4) is 0 Å². The third-order valence-electron chi connectivity index (χ3n) is 3.20. The average Bonchev–Trinajstić information content (AvgIpc) is 3.27. The maximum atomic E-state index is 12.8. The molecule has 0 bridgehead atoms. The van der Waals surface area contributed by atoms with Crippen LogP contribution in [0.25, 0.3) is 0 Å². The van der Waals surface area contributed by atoms with Gasteiger partial charge in [-0.2, -0.15) is 0 Å². The third kappa shape index (κ3) is 3.39. The second kappa shape index (κ2) is 6.69. The van der Waals surface area contributed by atoms with Crippen molar-refractivity contribution in [3.63, 3.8) is 0 Å². The molecule has 0 radical (unpaired) electrons. The Morgan fingerprint density at radius 3 is 2.52 bits per heavy atom. The van der Waals surface area contributed by atoms with Gasteiger partial charge in [0.15, 0.2) is 9.84 Å².